The highest BCUT2D eigenvalue weighted by Gasteiger charge is 2.09. The van der Waals surface area contributed by atoms with Gasteiger partial charge < -0.3 is 10.4 Å². The summed E-state index contributed by atoms with van der Waals surface area (Å²) in [4.78, 5) is 0.927. The molecule has 0 aliphatic heterocycles. The van der Waals surface area contributed by atoms with Crippen molar-refractivity contribution in [3.05, 3.63) is 21.3 Å². The lowest BCUT2D eigenvalue weighted by Gasteiger charge is -2.13. The normalized spacial score (nSPS) is 15.2. The van der Waals surface area contributed by atoms with Crippen molar-refractivity contribution in [1.29, 1.82) is 0 Å². The Labute approximate surface area is 100 Å². The Morgan fingerprint density at radius 2 is 2.20 bits per heavy atom. The van der Waals surface area contributed by atoms with Gasteiger partial charge in [-0.3, -0.25) is 0 Å². The molecule has 86 valence electrons. The number of thiophene rings is 1. The maximum atomic E-state index is 9.81. The van der Waals surface area contributed by atoms with Crippen molar-refractivity contribution >= 4 is 22.9 Å². The standard InChI is InChI=1S/C11H18ClNOS/c1-3-8(2)6-13-7-9(14)10-4-5-11(12)15-10/h4-5,8-9,13-14H,3,6-7H2,1-2H3. The number of aliphatic hydroxyl groups excluding tert-OH is 1. The van der Waals surface area contributed by atoms with E-state index in [4.69, 9.17) is 11.6 Å². The SMILES string of the molecule is CCC(C)CNCC(O)c1ccc(Cl)s1. The van der Waals surface area contributed by atoms with Crippen molar-refractivity contribution < 1.29 is 5.11 Å². The Morgan fingerprint density at radius 1 is 1.47 bits per heavy atom. The fourth-order valence-corrected chi connectivity index (χ4v) is 2.27. The summed E-state index contributed by atoms with van der Waals surface area (Å²) in [7, 11) is 0. The zero-order chi connectivity index (χ0) is 11.3. The average Bonchev–Trinajstić information content (AvgIpc) is 2.64. The molecule has 1 rings (SSSR count). The van der Waals surface area contributed by atoms with E-state index in [1.54, 1.807) is 0 Å². The van der Waals surface area contributed by atoms with Gasteiger partial charge >= 0.3 is 0 Å². The van der Waals surface area contributed by atoms with Crippen molar-refractivity contribution in [2.24, 2.45) is 5.92 Å². The van der Waals surface area contributed by atoms with Crippen LogP contribution in [0.2, 0.25) is 4.34 Å². The summed E-state index contributed by atoms with van der Waals surface area (Å²) in [5.74, 6) is 0.657. The van der Waals surface area contributed by atoms with Gasteiger partial charge in [0.05, 0.1) is 4.34 Å². The van der Waals surface area contributed by atoms with Crippen LogP contribution in [0.15, 0.2) is 12.1 Å². The predicted octanol–water partition coefficient (Wildman–Crippen LogP) is 3.07. The average molecular weight is 248 g/mol. The van der Waals surface area contributed by atoms with E-state index < -0.39 is 6.10 Å². The molecule has 0 amide bonds. The van der Waals surface area contributed by atoms with Crippen LogP contribution in [0, 0.1) is 5.92 Å². The molecule has 0 bridgehead atoms. The van der Waals surface area contributed by atoms with E-state index in [9.17, 15) is 5.11 Å². The van der Waals surface area contributed by atoms with Crippen LogP contribution < -0.4 is 5.32 Å². The number of rotatable bonds is 6. The highest BCUT2D eigenvalue weighted by Crippen LogP contribution is 2.26. The molecule has 1 heterocycles. The van der Waals surface area contributed by atoms with E-state index in [0.29, 0.717) is 12.5 Å². The molecule has 0 aromatic carbocycles. The number of hydrogen-bond donors (Lipinski definition) is 2. The molecular formula is C11H18ClNOS. The van der Waals surface area contributed by atoms with E-state index in [1.807, 2.05) is 12.1 Å². The summed E-state index contributed by atoms with van der Waals surface area (Å²) in [5.41, 5.74) is 0. The largest absolute Gasteiger partial charge is 0.386 e. The van der Waals surface area contributed by atoms with Crippen molar-refractivity contribution in [3.63, 3.8) is 0 Å². The molecule has 0 saturated heterocycles. The van der Waals surface area contributed by atoms with Crippen LogP contribution >= 0.6 is 22.9 Å². The van der Waals surface area contributed by atoms with E-state index in [1.165, 1.54) is 11.3 Å². The summed E-state index contributed by atoms with van der Waals surface area (Å²) >= 11 is 7.23. The first-order valence-electron chi connectivity index (χ1n) is 5.27. The van der Waals surface area contributed by atoms with Crippen LogP contribution in [0.25, 0.3) is 0 Å². The fourth-order valence-electron chi connectivity index (χ4n) is 1.22. The molecule has 0 saturated carbocycles. The minimum absolute atomic E-state index is 0.438. The third-order valence-electron chi connectivity index (χ3n) is 2.45. The van der Waals surface area contributed by atoms with Crippen molar-refractivity contribution in [2.45, 2.75) is 26.4 Å². The van der Waals surface area contributed by atoms with Gasteiger partial charge in [-0.05, 0) is 24.6 Å². The Kier molecular flexibility index (Phi) is 5.61. The minimum Gasteiger partial charge on any atom is -0.386 e. The van der Waals surface area contributed by atoms with Crippen LogP contribution in [0.3, 0.4) is 0 Å². The molecular weight excluding hydrogens is 230 g/mol. The highest BCUT2D eigenvalue weighted by atomic mass is 35.5. The first-order chi connectivity index (χ1) is 7.13. The van der Waals surface area contributed by atoms with Gasteiger partial charge in [0.25, 0.3) is 0 Å². The lowest BCUT2D eigenvalue weighted by Crippen LogP contribution is -2.25. The Bertz CT molecular complexity index is 290. The van der Waals surface area contributed by atoms with Gasteiger partial charge in [0, 0.05) is 11.4 Å². The molecule has 2 unspecified atom stereocenters. The molecule has 2 nitrogen and oxygen atoms in total. The Morgan fingerprint density at radius 3 is 2.73 bits per heavy atom. The maximum absolute atomic E-state index is 9.81. The van der Waals surface area contributed by atoms with Gasteiger partial charge in [0.15, 0.2) is 0 Å². The molecule has 2 atom stereocenters. The first kappa shape index (κ1) is 13.0. The topological polar surface area (TPSA) is 32.3 Å². The van der Waals surface area contributed by atoms with Crippen LogP contribution in [0.5, 0.6) is 0 Å². The quantitative estimate of drug-likeness (QED) is 0.810. The second kappa shape index (κ2) is 6.48. The van der Waals surface area contributed by atoms with Gasteiger partial charge in [0.2, 0.25) is 0 Å². The lowest BCUT2D eigenvalue weighted by atomic mass is 10.1. The van der Waals surface area contributed by atoms with Gasteiger partial charge in [-0.2, -0.15) is 0 Å². The molecule has 0 spiro atoms. The van der Waals surface area contributed by atoms with Crippen LogP contribution in [0.1, 0.15) is 31.2 Å². The fraction of sp³-hybridized carbons (Fsp3) is 0.636. The second-order valence-corrected chi connectivity index (χ2v) is 5.58. The van der Waals surface area contributed by atoms with Crippen molar-refractivity contribution in [3.8, 4) is 0 Å². The number of aliphatic hydroxyl groups is 1. The van der Waals surface area contributed by atoms with Crippen LogP contribution in [-0.4, -0.2) is 18.2 Å². The van der Waals surface area contributed by atoms with Gasteiger partial charge in [-0.15, -0.1) is 11.3 Å². The van der Waals surface area contributed by atoms with Gasteiger partial charge in [-0.1, -0.05) is 31.9 Å². The first-order valence-corrected chi connectivity index (χ1v) is 6.47. The maximum Gasteiger partial charge on any atom is 0.101 e. The molecule has 4 heteroatoms. The summed E-state index contributed by atoms with van der Waals surface area (Å²) in [6.07, 6.45) is 0.722. The third kappa shape index (κ3) is 4.51. The zero-order valence-corrected chi connectivity index (χ0v) is 10.7. The summed E-state index contributed by atoms with van der Waals surface area (Å²) in [5, 5.41) is 13.1. The predicted molar refractivity (Wildman–Crippen MR) is 66.6 cm³/mol. The molecule has 2 N–H and O–H groups in total. The van der Waals surface area contributed by atoms with E-state index in [-0.39, 0.29) is 0 Å². The number of hydrogen-bond acceptors (Lipinski definition) is 3. The van der Waals surface area contributed by atoms with Crippen molar-refractivity contribution in [1.82, 2.24) is 5.32 Å². The Hall–Kier alpha value is -0.0900. The summed E-state index contributed by atoms with van der Waals surface area (Å²) in [6, 6.07) is 3.70. The van der Waals surface area contributed by atoms with Crippen molar-refractivity contribution in [2.75, 3.05) is 13.1 Å². The van der Waals surface area contributed by atoms with E-state index in [2.05, 4.69) is 19.2 Å². The molecule has 0 aliphatic carbocycles. The third-order valence-corrected chi connectivity index (χ3v) is 3.78. The smallest absolute Gasteiger partial charge is 0.101 e. The molecule has 0 radical (unpaired) electrons. The molecule has 15 heavy (non-hydrogen) atoms. The highest BCUT2D eigenvalue weighted by molar-refractivity contribution is 7.16. The van der Waals surface area contributed by atoms with E-state index in [0.717, 1.165) is 22.2 Å². The Balaban J connectivity index is 2.27. The molecule has 0 fully saturated rings. The van der Waals surface area contributed by atoms with Gasteiger partial charge in [-0.25, -0.2) is 0 Å². The summed E-state index contributed by atoms with van der Waals surface area (Å²) in [6.45, 7) is 5.91. The number of halogens is 1. The molecule has 0 aliphatic rings. The second-order valence-electron chi connectivity index (χ2n) is 3.83. The number of nitrogens with one attached hydrogen (secondary N) is 1. The zero-order valence-electron chi connectivity index (χ0n) is 9.16. The monoisotopic (exact) mass is 247 g/mol. The van der Waals surface area contributed by atoms with Gasteiger partial charge in [0.1, 0.15) is 6.10 Å². The minimum atomic E-state index is -0.438. The lowest BCUT2D eigenvalue weighted by molar-refractivity contribution is 0.176. The van der Waals surface area contributed by atoms with E-state index >= 15 is 0 Å². The van der Waals surface area contributed by atoms with Crippen LogP contribution in [0.4, 0.5) is 0 Å². The summed E-state index contributed by atoms with van der Waals surface area (Å²) < 4.78 is 0.728. The molecule has 1 aromatic heterocycles. The molecule has 1 aromatic rings. The van der Waals surface area contributed by atoms with Crippen LogP contribution in [-0.2, 0) is 0 Å².